The van der Waals surface area contributed by atoms with Crippen LogP contribution in [0.3, 0.4) is 0 Å². The lowest BCUT2D eigenvalue weighted by Gasteiger charge is -2.38. The zero-order chi connectivity index (χ0) is 9.90. The lowest BCUT2D eigenvalue weighted by atomic mass is 9.71. The molecule has 0 saturated heterocycles. The van der Waals surface area contributed by atoms with Crippen LogP contribution in [0.5, 0.6) is 0 Å². The predicted octanol–water partition coefficient (Wildman–Crippen LogP) is 2.03. The molecule has 0 heterocycles. The highest BCUT2D eigenvalue weighted by Crippen LogP contribution is 2.39. The molecule has 74 valence electrons. The van der Waals surface area contributed by atoms with E-state index in [1.165, 1.54) is 0 Å². The third-order valence-corrected chi connectivity index (χ3v) is 3.05. The minimum Gasteiger partial charge on any atom is -0.381 e. The fourth-order valence-electron chi connectivity index (χ4n) is 2.04. The summed E-state index contributed by atoms with van der Waals surface area (Å²) in [6, 6.07) is 2.91. The van der Waals surface area contributed by atoms with Crippen LogP contribution in [0.4, 0.5) is 0 Å². The molecule has 1 unspecified atom stereocenters. The standard InChI is InChI=1S/C10H19N2O/c1-10(2)5-4-8(7-12-11)6-9(10)13-3/h8-9H,4-6,11H2,1-3H3/q+1/t8?,9-/m0/s1. The average Bonchev–Trinajstić information content (AvgIpc) is 2.08. The van der Waals surface area contributed by atoms with E-state index in [1.807, 2.05) is 0 Å². The Bertz CT molecular complexity index is 227. The first-order valence-electron chi connectivity index (χ1n) is 4.78. The largest absolute Gasteiger partial charge is 0.381 e. The summed E-state index contributed by atoms with van der Waals surface area (Å²) in [4.78, 5) is 3.47. The molecule has 0 spiro atoms. The number of hydrogen-bond donors (Lipinski definition) is 1. The van der Waals surface area contributed by atoms with Crippen LogP contribution in [0.2, 0.25) is 0 Å². The Labute approximate surface area is 80.0 Å². The number of hydrogen-bond acceptors (Lipinski definition) is 2. The van der Waals surface area contributed by atoms with E-state index in [4.69, 9.17) is 10.6 Å². The maximum Gasteiger partial charge on any atom is 0.322 e. The van der Waals surface area contributed by atoms with Crippen LogP contribution in [0, 0.1) is 17.4 Å². The molecule has 0 aromatic rings. The van der Waals surface area contributed by atoms with Gasteiger partial charge < -0.3 is 4.74 Å². The van der Waals surface area contributed by atoms with Crippen molar-refractivity contribution in [2.24, 2.45) is 17.2 Å². The molecule has 0 aliphatic heterocycles. The van der Waals surface area contributed by atoms with Crippen LogP contribution in [0.15, 0.2) is 0 Å². The second-order valence-electron chi connectivity index (χ2n) is 4.44. The van der Waals surface area contributed by atoms with E-state index in [0.29, 0.717) is 12.0 Å². The van der Waals surface area contributed by atoms with Gasteiger partial charge in [-0.3, -0.25) is 0 Å². The van der Waals surface area contributed by atoms with Gasteiger partial charge in [0.15, 0.2) is 0 Å². The van der Waals surface area contributed by atoms with Crippen LogP contribution in [0.25, 0.3) is 4.95 Å². The number of rotatable bonds is 1. The van der Waals surface area contributed by atoms with Crippen molar-refractivity contribution in [3.05, 3.63) is 4.95 Å². The Kier molecular flexibility index (Phi) is 3.16. The molecular weight excluding hydrogens is 164 g/mol. The lowest BCUT2D eigenvalue weighted by molar-refractivity contribution is -0.0321. The summed E-state index contributed by atoms with van der Waals surface area (Å²) in [6.45, 7) is 4.49. The minimum absolute atomic E-state index is 0.279. The molecule has 0 radical (unpaired) electrons. The van der Waals surface area contributed by atoms with Crippen molar-refractivity contribution in [1.29, 1.82) is 0 Å². The van der Waals surface area contributed by atoms with Gasteiger partial charge in [-0.05, 0) is 24.7 Å². The van der Waals surface area contributed by atoms with Crippen molar-refractivity contribution in [3.63, 3.8) is 0 Å². The molecule has 0 amide bonds. The zero-order valence-corrected chi connectivity index (χ0v) is 8.71. The van der Waals surface area contributed by atoms with Gasteiger partial charge in [-0.1, -0.05) is 19.7 Å². The molecule has 1 fully saturated rings. The third-order valence-electron chi connectivity index (χ3n) is 3.05. The van der Waals surface area contributed by atoms with Gasteiger partial charge in [-0.25, -0.2) is 0 Å². The Morgan fingerprint density at radius 3 is 2.77 bits per heavy atom. The van der Waals surface area contributed by atoms with Crippen LogP contribution < -0.4 is 5.84 Å². The predicted molar refractivity (Wildman–Crippen MR) is 53.4 cm³/mol. The number of methoxy groups -OCH3 is 1. The maximum absolute atomic E-state index is 5.46. The number of nitrogens with two attached hydrogens (primary N) is 1. The topological polar surface area (TPSA) is 39.6 Å². The summed E-state index contributed by atoms with van der Waals surface area (Å²) >= 11 is 0. The van der Waals surface area contributed by atoms with Crippen molar-refractivity contribution in [3.8, 4) is 6.07 Å². The van der Waals surface area contributed by atoms with Gasteiger partial charge in [-0.15, -0.1) is 0 Å². The van der Waals surface area contributed by atoms with Gasteiger partial charge in [0, 0.05) is 7.11 Å². The molecular formula is C10H19N2O+. The van der Waals surface area contributed by atoms with E-state index >= 15 is 0 Å². The smallest absolute Gasteiger partial charge is 0.322 e. The van der Waals surface area contributed by atoms with Gasteiger partial charge in [-0.2, -0.15) is 0 Å². The Hall–Kier alpha value is -0.750. The SMILES string of the molecule is CO[C@H]1CC(C#[N+]N)CCC1(C)C. The van der Waals surface area contributed by atoms with Crippen LogP contribution in [-0.4, -0.2) is 13.2 Å². The van der Waals surface area contributed by atoms with Crippen molar-refractivity contribution in [2.75, 3.05) is 7.11 Å². The summed E-state index contributed by atoms with van der Waals surface area (Å²) in [6.07, 6.45) is 3.57. The molecule has 13 heavy (non-hydrogen) atoms. The van der Waals surface area contributed by atoms with E-state index in [0.717, 1.165) is 19.3 Å². The molecule has 1 aliphatic rings. The first kappa shape index (κ1) is 10.3. The highest BCUT2D eigenvalue weighted by molar-refractivity contribution is 4.98. The van der Waals surface area contributed by atoms with Crippen LogP contribution in [-0.2, 0) is 4.74 Å². The summed E-state index contributed by atoms with van der Waals surface area (Å²) in [7, 11) is 1.77. The molecule has 1 aliphatic carbocycles. The van der Waals surface area contributed by atoms with Crippen LogP contribution in [0.1, 0.15) is 33.1 Å². The quantitative estimate of drug-likeness (QED) is 0.499. The molecule has 1 rings (SSSR count). The fraction of sp³-hybridized carbons (Fsp3) is 0.900. The fourth-order valence-corrected chi connectivity index (χ4v) is 2.04. The molecule has 0 aromatic heterocycles. The molecule has 0 bridgehead atoms. The van der Waals surface area contributed by atoms with E-state index < -0.39 is 0 Å². The minimum atomic E-state index is 0.279. The van der Waals surface area contributed by atoms with Crippen molar-refractivity contribution in [1.82, 2.24) is 0 Å². The Morgan fingerprint density at radius 2 is 2.23 bits per heavy atom. The second-order valence-corrected chi connectivity index (χ2v) is 4.44. The summed E-state index contributed by atoms with van der Waals surface area (Å²) in [5.41, 5.74) is 0.279. The molecule has 2 atom stereocenters. The molecule has 1 saturated carbocycles. The van der Waals surface area contributed by atoms with Gasteiger partial charge in [0.1, 0.15) is 0 Å². The summed E-state index contributed by atoms with van der Waals surface area (Å²) < 4.78 is 5.46. The normalized spacial score (nSPS) is 31.9. The van der Waals surface area contributed by atoms with E-state index in [1.54, 1.807) is 7.11 Å². The molecule has 3 nitrogen and oxygen atoms in total. The number of nitrogens with zero attached hydrogens (tertiary/aromatic N) is 1. The molecule has 2 N–H and O–H groups in total. The highest BCUT2D eigenvalue weighted by Gasteiger charge is 2.37. The van der Waals surface area contributed by atoms with Crippen LogP contribution >= 0.6 is 0 Å². The molecule has 3 heteroatoms. The first-order chi connectivity index (χ1) is 6.10. The zero-order valence-electron chi connectivity index (χ0n) is 8.71. The van der Waals surface area contributed by atoms with E-state index in [2.05, 4.69) is 24.9 Å². The maximum atomic E-state index is 5.46. The van der Waals surface area contributed by atoms with Crippen molar-refractivity contribution in [2.45, 2.75) is 39.2 Å². The van der Waals surface area contributed by atoms with Gasteiger partial charge >= 0.3 is 6.07 Å². The van der Waals surface area contributed by atoms with Crippen molar-refractivity contribution >= 4 is 0 Å². The summed E-state index contributed by atoms with van der Waals surface area (Å²) in [5, 5.41) is 0. The van der Waals surface area contributed by atoms with E-state index in [9.17, 15) is 0 Å². The second kappa shape index (κ2) is 3.97. The Morgan fingerprint density at radius 1 is 1.54 bits per heavy atom. The summed E-state index contributed by atoms with van der Waals surface area (Å²) in [5.74, 6) is 5.46. The highest BCUT2D eigenvalue weighted by atomic mass is 16.5. The molecule has 0 aromatic carbocycles. The van der Waals surface area contributed by atoms with E-state index in [-0.39, 0.29) is 5.41 Å². The monoisotopic (exact) mass is 183 g/mol. The first-order valence-corrected chi connectivity index (χ1v) is 4.78. The lowest BCUT2D eigenvalue weighted by Crippen LogP contribution is -2.37. The number of ether oxygens (including phenoxy) is 1. The Balaban J connectivity index is 2.61. The van der Waals surface area contributed by atoms with Crippen molar-refractivity contribution < 1.29 is 4.74 Å². The van der Waals surface area contributed by atoms with Gasteiger partial charge in [0.25, 0.3) is 0 Å². The van der Waals surface area contributed by atoms with Gasteiger partial charge in [0.2, 0.25) is 0 Å². The average molecular weight is 183 g/mol. The van der Waals surface area contributed by atoms with Gasteiger partial charge in [0.05, 0.1) is 17.0 Å². The third kappa shape index (κ3) is 2.35.